The molecule has 0 unspecified atom stereocenters. The van der Waals surface area contributed by atoms with Crippen molar-refractivity contribution in [2.75, 3.05) is 23.1 Å². The maximum Gasteiger partial charge on any atom is 0.283 e. The van der Waals surface area contributed by atoms with Gasteiger partial charge < -0.3 is 10.1 Å². The molecule has 9 heteroatoms. The number of aliphatic imine (C=N–C) groups is 1. The lowest BCUT2D eigenvalue weighted by atomic mass is 10.2. The van der Waals surface area contributed by atoms with Crippen LogP contribution in [0.2, 0.25) is 5.02 Å². The van der Waals surface area contributed by atoms with Gasteiger partial charge in [0.05, 0.1) is 23.6 Å². The number of carbonyl (C=O) groups excluding carboxylic acids is 2. The van der Waals surface area contributed by atoms with E-state index in [0.717, 1.165) is 16.1 Å². The van der Waals surface area contributed by atoms with E-state index < -0.39 is 0 Å². The Bertz CT molecular complexity index is 1260. The number of nitrogens with zero attached hydrogens (tertiary/aromatic N) is 2. The fourth-order valence-corrected chi connectivity index (χ4v) is 4.87. The highest BCUT2D eigenvalue weighted by atomic mass is 35.5. The number of amidine groups is 1. The van der Waals surface area contributed by atoms with Crippen LogP contribution in [0.15, 0.2) is 70.7 Å². The van der Waals surface area contributed by atoms with Gasteiger partial charge in [-0.1, -0.05) is 47.6 Å². The quantitative estimate of drug-likeness (QED) is 0.435. The van der Waals surface area contributed by atoms with Gasteiger partial charge in [0.2, 0.25) is 5.91 Å². The van der Waals surface area contributed by atoms with Crippen LogP contribution in [0.1, 0.15) is 10.4 Å². The van der Waals surface area contributed by atoms with Crippen LogP contribution < -0.4 is 15.0 Å². The molecule has 0 atom stereocenters. The van der Waals surface area contributed by atoms with E-state index in [9.17, 15) is 9.59 Å². The Hall–Kier alpha value is -3.07. The molecule has 0 spiro atoms. The number of halogens is 1. The first-order chi connectivity index (χ1) is 16.0. The Labute approximate surface area is 204 Å². The summed E-state index contributed by atoms with van der Waals surface area (Å²) in [7, 11) is 1.53. The third-order valence-electron chi connectivity index (χ3n) is 4.80. The van der Waals surface area contributed by atoms with E-state index in [1.54, 1.807) is 24.3 Å². The van der Waals surface area contributed by atoms with Gasteiger partial charge in [-0.25, -0.2) is 4.99 Å². The molecular formula is C24H20ClN3O3S2. The van der Waals surface area contributed by atoms with Crippen LogP contribution in [0.4, 0.5) is 11.4 Å². The van der Waals surface area contributed by atoms with Crippen molar-refractivity contribution in [3.63, 3.8) is 0 Å². The Kier molecular flexibility index (Phi) is 7.17. The molecule has 0 saturated heterocycles. The van der Waals surface area contributed by atoms with Gasteiger partial charge in [0, 0.05) is 10.6 Å². The Morgan fingerprint density at radius 2 is 2.06 bits per heavy atom. The van der Waals surface area contributed by atoms with E-state index in [2.05, 4.69) is 10.3 Å². The van der Waals surface area contributed by atoms with Gasteiger partial charge in [-0.05, 0) is 54.3 Å². The van der Waals surface area contributed by atoms with E-state index in [1.165, 1.54) is 35.1 Å². The highest BCUT2D eigenvalue weighted by molar-refractivity contribution is 8.14. The third kappa shape index (κ3) is 5.30. The third-order valence-corrected chi connectivity index (χ3v) is 6.85. The number of methoxy groups -OCH3 is 1. The first-order valence-corrected chi connectivity index (χ1v) is 12.2. The molecule has 1 aliphatic rings. The first-order valence-electron chi connectivity index (χ1n) is 9.96. The zero-order valence-corrected chi connectivity index (χ0v) is 20.3. The average molecular weight is 498 g/mol. The smallest absolute Gasteiger partial charge is 0.283 e. The summed E-state index contributed by atoms with van der Waals surface area (Å²) in [6, 6.07) is 16.5. The van der Waals surface area contributed by atoms with Gasteiger partial charge in [0.15, 0.2) is 5.17 Å². The topological polar surface area (TPSA) is 71.0 Å². The summed E-state index contributed by atoms with van der Waals surface area (Å²) in [6.07, 6.45) is 1.74. The Morgan fingerprint density at radius 1 is 1.24 bits per heavy atom. The number of carbonyl (C=O) groups is 2. The van der Waals surface area contributed by atoms with Crippen molar-refractivity contribution in [1.29, 1.82) is 0 Å². The number of amides is 2. The fourth-order valence-electron chi connectivity index (χ4n) is 3.15. The molecular weight excluding hydrogens is 478 g/mol. The van der Waals surface area contributed by atoms with Gasteiger partial charge in [-0.15, -0.1) is 11.3 Å². The van der Waals surface area contributed by atoms with Crippen molar-refractivity contribution in [3.05, 3.63) is 81.1 Å². The second-order valence-electron chi connectivity index (χ2n) is 7.05. The zero-order valence-electron chi connectivity index (χ0n) is 17.9. The Balaban J connectivity index is 1.58. The van der Waals surface area contributed by atoms with Crippen molar-refractivity contribution < 1.29 is 14.3 Å². The van der Waals surface area contributed by atoms with Crippen LogP contribution in [-0.2, 0) is 9.59 Å². The minimum Gasteiger partial charge on any atom is -0.495 e. The van der Waals surface area contributed by atoms with Crippen molar-refractivity contribution >= 4 is 69.1 Å². The van der Waals surface area contributed by atoms with Crippen molar-refractivity contribution in [3.8, 4) is 5.75 Å². The summed E-state index contributed by atoms with van der Waals surface area (Å²) >= 11 is 9.00. The summed E-state index contributed by atoms with van der Waals surface area (Å²) in [5.74, 6) is 0.122. The van der Waals surface area contributed by atoms with Gasteiger partial charge in [0.1, 0.15) is 11.4 Å². The molecule has 168 valence electrons. The minimum absolute atomic E-state index is 0.0904. The highest BCUT2D eigenvalue weighted by Crippen LogP contribution is 2.34. The van der Waals surface area contributed by atoms with Crippen molar-refractivity contribution in [1.82, 2.24) is 0 Å². The number of benzene rings is 2. The van der Waals surface area contributed by atoms with E-state index in [1.807, 2.05) is 48.7 Å². The normalized spacial score (nSPS) is 14.5. The van der Waals surface area contributed by atoms with Crippen molar-refractivity contribution in [2.45, 2.75) is 6.92 Å². The lowest BCUT2D eigenvalue weighted by Gasteiger charge is -2.18. The van der Waals surface area contributed by atoms with E-state index >= 15 is 0 Å². The number of thioether (sulfide) groups is 1. The molecule has 0 aliphatic carbocycles. The molecule has 0 saturated carbocycles. The van der Waals surface area contributed by atoms with Crippen LogP contribution in [-0.4, -0.2) is 29.8 Å². The number of hydrogen-bond acceptors (Lipinski definition) is 6. The van der Waals surface area contributed by atoms with Crippen LogP contribution >= 0.6 is 34.7 Å². The van der Waals surface area contributed by atoms with E-state index in [4.69, 9.17) is 16.3 Å². The van der Waals surface area contributed by atoms with Crippen LogP contribution in [0.3, 0.4) is 0 Å². The van der Waals surface area contributed by atoms with Gasteiger partial charge in [-0.2, -0.15) is 0 Å². The summed E-state index contributed by atoms with van der Waals surface area (Å²) in [5.41, 5.74) is 2.57. The van der Waals surface area contributed by atoms with Crippen LogP contribution in [0, 0.1) is 6.92 Å². The average Bonchev–Trinajstić information content (AvgIpc) is 3.42. The number of thiophene rings is 1. The number of anilines is 2. The van der Waals surface area contributed by atoms with Crippen LogP contribution in [0.25, 0.3) is 6.08 Å². The summed E-state index contributed by atoms with van der Waals surface area (Å²) in [6.45, 7) is 1.93. The SMILES string of the molecule is COc1ccc(N2C(=O)/C(=C/c3cccs3)N=C2SCC(=O)Nc2ccccc2C)cc1Cl. The van der Waals surface area contributed by atoms with E-state index in [-0.39, 0.29) is 17.6 Å². The summed E-state index contributed by atoms with van der Waals surface area (Å²) in [4.78, 5) is 32.8. The first kappa shape index (κ1) is 23.1. The summed E-state index contributed by atoms with van der Waals surface area (Å²) < 4.78 is 5.22. The number of ether oxygens (including phenoxy) is 1. The van der Waals surface area contributed by atoms with Crippen molar-refractivity contribution in [2.24, 2.45) is 4.99 Å². The van der Waals surface area contributed by atoms with Gasteiger partial charge in [0.25, 0.3) is 5.91 Å². The molecule has 3 aromatic rings. The van der Waals surface area contributed by atoms with Gasteiger partial charge >= 0.3 is 0 Å². The molecule has 6 nitrogen and oxygen atoms in total. The lowest BCUT2D eigenvalue weighted by molar-refractivity contribution is -0.114. The second-order valence-corrected chi connectivity index (χ2v) is 9.38. The molecule has 0 fully saturated rings. The molecule has 33 heavy (non-hydrogen) atoms. The largest absolute Gasteiger partial charge is 0.495 e. The standard InChI is InChI=1S/C24H20ClN3O3S2/c1-15-6-3-4-8-19(15)26-22(29)14-33-24-27-20(13-17-7-5-11-32-17)23(30)28(24)16-9-10-21(31-2)18(25)12-16/h3-13H,14H2,1-2H3,(H,26,29)/b20-13-. The molecule has 2 heterocycles. The molecule has 4 rings (SSSR count). The predicted molar refractivity (Wildman–Crippen MR) is 137 cm³/mol. The molecule has 2 amide bonds. The fraction of sp³-hybridized carbons (Fsp3) is 0.125. The molecule has 1 aliphatic heterocycles. The number of nitrogens with one attached hydrogen (secondary N) is 1. The molecule has 2 aromatic carbocycles. The summed E-state index contributed by atoms with van der Waals surface area (Å²) in [5, 5.41) is 5.62. The number of aryl methyl sites for hydroxylation is 1. The number of rotatable bonds is 6. The van der Waals surface area contributed by atoms with Gasteiger partial charge in [-0.3, -0.25) is 14.5 Å². The molecule has 0 bridgehead atoms. The Morgan fingerprint density at radius 3 is 2.76 bits per heavy atom. The molecule has 1 aromatic heterocycles. The van der Waals surface area contributed by atoms with Crippen LogP contribution in [0.5, 0.6) is 5.75 Å². The van der Waals surface area contributed by atoms with E-state index in [0.29, 0.717) is 27.3 Å². The minimum atomic E-state index is -0.286. The zero-order chi connectivity index (χ0) is 23.4. The maximum atomic E-state index is 13.2. The molecule has 0 radical (unpaired) electrons. The highest BCUT2D eigenvalue weighted by Gasteiger charge is 2.33. The molecule has 1 N–H and O–H groups in total. The maximum absolute atomic E-state index is 13.2. The predicted octanol–water partition coefficient (Wildman–Crippen LogP) is 5.83. The number of para-hydroxylation sites is 1. The number of hydrogen-bond donors (Lipinski definition) is 1. The lowest BCUT2D eigenvalue weighted by Crippen LogP contribution is -2.31. The monoisotopic (exact) mass is 497 g/mol. The second kappa shape index (κ2) is 10.2.